The van der Waals surface area contributed by atoms with Gasteiger partial charge in [0, 0.05) is 81.5 Å². The monoisotopic (exact) mass is 462 g/mol. The van der Waals surface area contributed by atoms with E-state index in [1.165, 1.54) is 22.8 Å². The number of benzene rings is 1. The standard InChI is InChI=1S/C25H30N6O3/c1-29-11-18(19-6-2-3-7-21(19)29)12-30-13-25(14-30)15-31(16-25)23-20(10-26-17-27-23)24(32)28-34-22-8-4-5-9-33-22/h2-3,6-7,10-11,17,22H,4-5,8-9,12-16H2,1H3,(H,28,32). The normalized spacial score (nSPS) is 21.9. The summed E-state index contributed by atoms with van der Waals surface area (Å²) in [6, 6.07) is 8.57. The Bertz CT molecular complexity index is 1190. The first-order chi connectivity index (χ1) is 16.6. The van der Waals surface area contributed by atoms with Crippen molar-refractivity contribution in [1.29, 1.82) is 0 Å². The number of aromatic nitrogens is 3. The molecule has 3 saturated heterocycles. The lowest BCUT2D eigenvalue weighted by Gasteiger charge is -2.60. The Kier molecular flexibility index (Phi) is 5.47. The van der Waals surface area contributed by atoms with Gasteiger partial charge in [-0.3, -0.25) is 9.69 Å². The fourth-order valence-electron chi connectivity index (χ4n) is 5.63. The number of carbonyl (C=O) groups excluding carboxylic acids is 1. The lowest BCUT2D eigenvalue weighted by molar-refractivity contribution is -0.186. The van der Waals surface area contributed by atoms with Gasteiger partial charge in [0.15, 0.2) is 6.29 Å². The number of amides is 1. The molecule has 1 aromatic carbocycles. The highest BCUT2D eigenvalue weighted by molar-refractivity contribution is 5.98. The van der Waals surface area contributed by atoms with Gasteiger partial charge in [0.1, 0.15) is 17.7 Å². The molecule has 1 N–H and O–H groups in total. The third-order valence-electron chi connectivity index (χ3n) is 7.20. The van der Waals surface area contributed by atoms with Gasteiger partial charge in [-0.15, -0.1) is 0 Å². The first kappa shape index (κ1) is 21.5. The molecule has 0 radical (unpaired) electrons. The van der Waals surface area contributed by atoms with E-state index in [1.807, 2.05) is 0 Å². The summed E-state index contributed by atoms with van der Waals surface area (Å²) in [6.07, 6.45) is 7.75. The number of fused-ring (bicyclic) bond motifs is 1. The Morgan fingerprint density at radius 1 is 1.24 bits per heavy atom. The molecule has 3 aliphatic heterocycles. The van der Waals surface area contributed by atoms with Crippen molar-refractivity contribution in [2.24, 2.45) is 12.5 Å². The third kappa shape index (κ3) is 3.93. The molecule has 1 atom stereocenters. The van der Waals surface area contributed by atoms with Gasteiger partial charge >= 0.3 is 0 Å². The zero-order valence-corrected chi connectivity index (χ0v) is 19.4. The fourth-order valence-corrected chi connectivity index (χ4v) is 5.63. The van der Waals surface area contributed by atoms with Crippen LogP contribution < -0.4 is 10.4 Å². The number of likely N-dealkylation sites (tertiary alicyclic amines) is 1. The summed E-state index contributed by atoms with van der Waals surface area (Å²) in [5.74, 6) is 0.329. The minimum atomic E-state index is -0.388. The zero-order chi connectivity index (χ0) is 23.1. The summed E-state index contributed by atoms with van der Waals surface area (Å²) in [4.78, 5) is 31.4. The number of nitrogens with one attached hydrogen (secondary N) is 1. The molecular weight excluding hydrogens is 432 g/mol. The van der Waals surface area contributed by atoms with E-state index in [2.05, 4.69) is 67.3 Å². The maximum absolute atomic E-state index is 12.8. The van der Waals surface area contributed by atoms with Gasteiger partial charge in [-0.2, -0.15) is 0 Å². The van der Waals surface area contributed by atoms with E-state index in [0.29, 0.717) is 18.0 Å². The number of anilines is 1. The molecule has 6 rings (SSSR count). The predicted octanol–water partition coefficient (Wildman–Crippen LogP) is 2.48. The Labute approximate surface area is 198 Å². The number of hydrogen-bond donors (Lipinski definition) is 1. The van der Waals surface area contributed by atoms with E-state index < -0.39 is 0 Å². The van der Waals surface area contributed by atoms with Gasteiger partial charge < -0.3 is 14.2 Å². The smallest absolute Gasteiger partial charge is 0.280 e. The van der Waals surface area contributed by atoms with Gasteiger partial charge in [0.2, 0.25) is 0 Å². The van der Waals surface area contributed by atoms with Crippen LogP contribution in [0.2, 0.25) is 0 Å². The molecule has 3 fully saturated rings. The number of hydrogen-bond acceptors (Lipinski definition) is 7. The minimum Gasteiger partial charge on any atom is -0.354 e. The topological polar surface area (TPSA) is 84.8 Å². The van der Waals surface area contributed by atoms with Crippen LogP contribution in [0.1, 0.15) is 35.2 Å². The summed E-state index contributed by atoms with van der Waals surface area (Å²) in [6.45, 7) is 5.52. The number of carbonyl (C=O) groups is 1. The maximum atomic E-state index is 12.8. The van der Waals surface area contributed by atoms with Crippen LogP contribution in [0.25, 0.3) is 10.9 Å². The molecule has 9 heteroatoms. The number of rotatable bonds is 6. The summed E-state index contributed by atoms with van der Waals surface area (Å²) in [5.41, 5.74) is 5.89. The van der Waals surface area contributed by atoms with Crippen LogP contribution in [0.15, 0.2) is 43.0 Å². The summed E-state index contributed by atoms with van der Waals surface area (Å²) in [7, 11) is 2.11. The number of ether oxygens (including phenoxy) is 1. The second-order valence-electron chi connectivity index (χ2n) is 9.89. The van der Waals surface area contributed by atoms with E-state index in [0.717, 1.165) is 52.0 Å². The van der Waals surface area contributed by atoms with Gasteiger partial charge in [-0.25, -0.2) is 20.3 Å². The second kappa shape index (κ2) is 8.65. The Morgan fingerprint density at radius 3 is 2.91 bits per heavy atom. The van der Waals surface area contributed by atoms with Crippen molar-refractivity contribution < 1.29 is 14.4 Å². The number of hydroxylamine groups is 1. The van der Waals surface area contributed by atoms with Gasteiger partial charge in [-0.1, -0.05) is 18.2 Å². The van der Waals surface area contributed by atoms with Crippen LogP contribution in [0.3, 0.4) is 0 Å². The molecule has 1 amide bonds. The van der Waals surface area contributed by atoms with Crippen LogP contribution >= 0.6 is 0 Å². The van der Waals surface area contributed by atoms with Crippen molar-refractivity contribution in [3.63, 3.8) is 0 Å². The molecule has 1 unspecified atom stereocenters. The first-order valence-electron chi connectivity index (χ1n) is 12.0. The molecule has 0 saturated carbocycles. The molecule has 5 heterocycles. The maximum Gasteiger partial charge on any atom is 0.280 e. The highest BCUT2D eigenvalue weighted by Crippen LogP contribution is 2.43. The fraction of sp³-hybridized carbons (Fsp3) is 0.480. The van der Waals surface area contributed by atoms with Crippen molar-refractivity contribution in [1.82, 2.24) is 24.9 Å². The number of aryl methyl sites for hydroxylation is 1. The summed E-state index contributed by atoms with van der Waals surface area (Å²) < 4.78 is 7.72. The molecule has 34 heavy (non-hydrogen) atoms. The predicted molar refractivity (Wildman–Crippen MR) is 127 cm³/mol. The van der Waals surface area contributed by atoms with Gasteiger partial charge in [0.25, 0.3) is 5.91 Å². The van der Waals surface area contributed by atoms with Crippen molar-refractivity contribution in [2.45, 2.75) is 32.1 Å². The van der Waals surface area contributed by atoms with E-state index in [-0.39, 0.29) is 17.6 Å². The third-order valence-corrected chi connectivity index (χ3v) is 7.20. The lowest BCUT2D eigenvalue weighted by atomic mass is 9.72. The SMILES string of the molecule is Cn1cc(CN2CC3(C2)CN(c2ncncc2C(=O)NOC2CCCCO2)C3)c2ccccc21. The second-order valence-corrected chi connectivity index (χ2v) is 9.89. The van der Waals surface area contributed by atoms with Crippen LogP contribution in [-0.2, 0) is 23.2 Å². The summed E-state index contributed by atoms with van der Waals surface area (Å²) in [5, 5.41) is 1.33. The quantitative estimate of drug-likeness (QED) is 0.564. The molecule has 3 aliphatic rings. The van der Waals surface area contributed by atoms with Crippen molar-refractivity contribution in [3.05, 3.63) is 54.1 Å². The van der Waals surface area contributed by atoms with Crippen LogP contribution in [0.5, 0.6) is 0 Å². The van der Waals surface area contributed by atoms with E-state index in [4.69, 9.17) is 9.57 Å². The largest absolute Gasteiger partial charge is 0.354 e. The minimum absolute atomic E-state index is 0.274. The highest BCUT2D eigenvalue weighted by Gasteiger charge is 2.52. The molecule has 9 nitrogen and oxygen atoms in total. The molecule has 0 aliphatic carbocycles. The first-order valence-corrected chi connectivity index (χ1v) is 12.0. The van der Waals surface area contributed by atoms with Gasteiger partial charge in [0.05, 0.1) is 0 Å². The number of nitrogens with zero attached hydrogens (tertiary/aromatic N) is 5. The van der Waals surface area contributed by atoms with E-state index in [1.54, 1.807) is 6.20 Å². The lowest BCUT2D eigenvalue weighted by Crippen LogP contribution is -2.72. The average Bonchev–Trinajstić information content (AvgIpc) is 3.14. The Hall–Kier alpha value is -3.01. The molecule has 3 aromatic rings. The molecule has 178 valence electrons. The van der Waals surface area contributed by atoms with E-state index >= 15 is 0 Å². The number of para-hydroxylation sites is 1. The van der Waals surface area contributed by atoms with Crippen molar-refractivity contribution >= 4 is 22.6 Å². The van der Waals surface area contributed by atoms with Crippen molar-refractivity contribution in [2.75, 3.05) is 37.7 Å². The average molecular weight is 463 g/mol. The molecule has 2 aromatic heterocycles. The molecule has 0 bridgehead atoms. The van der Waals surface area contributed by atoms with Gasteiger partial charge in [-0.05, 0) is 24.5 Å². The molecule has 1 spiro atoms. The summed E-state index contributed by atoms with van der Waals surface area (Å²) >= 11 is 0. The van der Waals surface area contributed by atoms with Crippen LogP contribution in [-0.4, -0.2) is 64.4 Å². The van der Waals surface area contributed by atoms with Crippen LogP contribution in [0, 0.1) is 5.41 Å². The molecular formula is C25H30N6O3. The van der Waals surface area contributed by atoms with E-state index in [9.17, 15) is 4.79 Å². The highest BCUT2D eigenvalue weighted by atomic mass is 16.8. The van der Waals surface area contributed by atoms with Crippen LogP contribution in [0.4, 0.5) is 5.82 Å². The van der Waals surface area contributed by atoms with Crippen molar-refractivity contribution in [3.8, 4) is 0 Å². The zero-order valence-electron chi connectivity index (χ0n) is 19.4. The Balaban J connectivity index is 1.05. The Morgan fingerprint density at radius 2 is 2.09 bits per heavy atom.